The van der Waals surface area contributed by atoms with Crippen LogP contribution in [0, 0.1) is 0 Å². The number of aromatic nitrogens is 1. The fraction of sp³-hybridized carbons (Fsp3) is 0.435. The van der Waals surface area contributed by atoms with Gasteiger partial charge in [0.25, 0.3) is 11.8 Å². The lowest BCUT2D eigenvalue weighted by atomic mass is 10.1. The summed E-state index contributed by atoms with van der Waals surface area (Å²) in [5.74, 6) is 0.699. The van der Waals surface area contributed by atoms with Crippen molar-refractivity contribution >= 4 is 23.3 Å². The molecule has 31 heavy (non-hydrogen) atoms. The van der Waals surface area contributed by atoms with Gasteiger partial charge in [-0.25, -0.2) is 4.98 Å². The van der Waals surface area contributed by atoms with E-state index < -0.39 is 0 Å². The van der Waals surface area contributed by atoms with Crippen molar-refractivity contribution in [1.29, 1.82) is 0 Å². The highest BCUT2D eigenvalue weighted by Gasteiger charge is 2.24. The van der Waals surface area contributed by atoms with Gasteiger partial charge in [-0.1, -0.05) is 0 Å². The normalized spacial score (nSPS) is 14.0. The van der Waals surface area contributed by atoms with Gasteiger partial charge in [-0.2, -0.15) is 0 Å². The van der Waals surface area contributed by atoms with Gasteiger partial charge < -0.3 is 25.1 Å². The molecule has 0 radical (unpaired) electrons. The number of amides is 2. The highest BCUT2D eigenvalue weighted by molar-refractivity contribution is 5.97. The quantitative estimate of drug-likeness (QED) is 0.705. The summed E-state index contributed by atoms with van der Waals surface area (Å²) in [6.45, 7) is 7.00. The van der Waals surface area contributed by atoms with E-state index >= 15 is 0 Å². The molecule has 1 fully saturated rings. The number of aliphatic hydroxyl groups is 1. The van der Waals surface area contributed by atoms with Crippen molar-refractivity contribution in [1.82, 2.24) is 14.8 Å². The monoisotopic (exact) mass is 425 g/mol. The van der Waals surface area contributed by atoms with Crippen LogP contribution in [-0.4, -0.2) is 84.1 Å². The summed E-state index contributed by atoms with van der Waals surface area (Å²) in [5.41, 5.74) is 2.07. The number of anilines is 2. The number of nitrogens with zero attached hydrogens (tertiary/aromatic N) is 4. The summed E-state index contributed by atoms with van der Waals surface area (Å²) < 4.78 is 0. The Hall–Kier alpha value is -3.13. The van der Waals surface area contributed by atoms with E-state index in [1.54, 1.807) is 37.5 Å². The second-order valence-corrected chi connectivity index (χ2v) is 7.98. The fourth-order valence-electron chi connectivity index (χ4n) is 3.60. The summed E-state index contributed by atoms with van der Waals surface area (Å²) in [5, 5.41) is 12.4. The Labute approximate surface area is 183 Å². The van der Waals surface area contributed by atoms with Crippen LogP contribution in [-0.2, 0) is 0 Å². The molecule has 2 N–H and O–H groups in total. The highest BCUT2D eigenvalue weighted by atomic mass is 16.3. The van der Waals surface area contributed by atoms with Crippen molar-refractivity contribution < 1.29 is 14.7 Å². The van der Waals surface area contributed by atoms with Crippen molar-refractivity contribution in [3.05, 3.63) is 53.7 Å². The van der Waals surface area contributed by atoms with Gasteiger partial charge in [-0.15, -0.1) is 0 Å². The maximum Gasteiger partial charge on any atom is 0.253 e. The molecule has 0 spiro atoms. The Morgan fingerprint density at radius 1 is 1.10 bits per heavy atom. The Morgan fingerprint density at radius 3 is 2.35 bits per heavy atom. The minimum absolute atomic E-state index is 0.0380. The van der Waals surface area contributed by atoms with E-state index in [0.717, 1.165) is 11.5 Å². The third-order valence-electron chi connectivity index (χ3n) is 5.26. The molecule has 2 amide bonds. The molecule has 3 rings (SSSR count). The van der Waals surface area contributed by atoms with Crippen LogP contribution in [0.1, 0.15) is 34.6 Å². The summed E-state index contributed by atoms with van der Waals surface area (Å²) in [4.78, 5) is 35.2. The fourth-order valence-corrected chi connectivity index (χ4v) is 3.60. The van der Waals surface area contributed by atoms with E-state index in [-0.39, 0.29) is 25.0 Å². The highest BCUT2D eigenvalue weighted by Crippen LogP contribution is 2.25. The minimum atomic E-state index is -0.178. The lowest BCUT2D eigenvalue weighted by molar-refractivity contribution is 0.0741. The molecule has 8 heteroatoms. The molecule has 1 aliphatic rings. The minimum Gasteiger partial charge on any atom is -0.395 e. The van der Waals surface area contributed by atoms with Crippen LogP contribution in [0.4, 0.5) is 11.5 Å². The molecule has 8 nitrogen and oxygen atoms in total. The first kappa shape index (κ1) is 22.6. The summed E-state index contributed by atoms with van der Waals surface area (Å²) in [7, 11) is 1.64. The summed E-state index contributed by atoms with van der Waals surface area (Å²) in [6, 6.07) is 11.0. The average molecular weight is 426 g/mol. The second-order valence-electron chi connectivity index (χ2n) is 7.98. The molecule has 166 valence electrons. The number of benzene rings is 1. The molecule has 0 bridgehead atoms. The van der Waals surface area contributed by atoms with Gasteiger partial charge >= 0.3 is 0 Å². The van der Waals surface area contributed by atoms with Crippen molar-refractivity contribution in [2.75, 3.05) is 56.6 Å². The third-order valence-corrected chi connectivity index (χ3v) is 5.26. The van der Waals surface area contributed by atoms with Crippen LogP contribution in [0.15, 0.2) is 42.6 Å². The van der Waals surface area contributed by atoms with E-state index in [1.165, 1.54) is 4.90 Å². The molecule has 0 aliphatic carbocycles. The van der Waals surface area contributed by atoms with Crippen molar-refractivity contribution in [2.24, 2.45) is 0 Å². The average Bonchev–Trinajstić information content (AvgIpc) is 2.78. The topological polar surface area (TPSA) is 89.0 Å². The molecule has 1 aromatic carbocycles. The Balaban J connectivity index is 1.61. The number of carbonyl (C=O) groups excluding carboxylic acids is 2. The Kier molecular flexibility index (Phi) is 7.46. The van der Waals surface area contributed by atoms with Crippen LogP contribution in [0.25, 0.3) is 0 Å². The Morgan fingerprint density at radius 2 is 1.74 bits per heavy atom. The standard InChI is InChI=1S/C23H31N5O3/c1-17(2)25-20-5-4-10-24-21(20)27-11-13-28(14-12-27)23(31)19-8-6-18(7-9-19)22(30)26(3)15-16-29/h4-10,17,25,29H,11-16H2,1-3H3. The molecular formula is C23H31N5O3. The van der Waals surface area contributed by atoms with Gasteiger partial charge in [0.1, 0.15) is 0 Å². The van der Waals surface area contributed by atoms with Crippen LogP contribution < -0.4 is 10.2 Å². The van der Waals surface area contributed by atoms with Gasteiger partial charge in [0, 0.05) is 63.1 Å². The number of aliphatic hydroxyl groups excluding tert-OH is 1. The number of hydrogen-bond donors (Lipinski definition) is 2. The molecule has 1 aromatic heterocycles. The molecule has 2 aromatic rings. The number of piperazine rings is 1. The lowest BCUT2D eigenvalue weighted by Crippen LogP contribution is -2.49. The molecule has 0 saturated carbocycles. The largest absolute Gasteiger partial charge is 0.395 e. The first-order valence-corrected chi connectivity index (χ1v) is 10.6. The van der Waals surface area contributed by atoms with Crippen molar-refractivity contribution in [3.63, 3.8) is 0 Å². The molecule has 0 unspecified atom stereocenters. The molecule has 0 atom stereocenters. The zero-order valence-corrected chi connectivity index (χ0v) is 18.4. The molecule has 2 heterocycles. The number of carbonyl (C=O) groups is 2. The first-order valence-electron chi connectivity index (χ1n) is 10.6. The smallest absolute Gasteiger partial charge is 0.253 e. The zero-order chi connectivity index (χ0) is 22.4. The van der Waals surface area contributed by atoms with Crippen LogP contribution in [0.5, 0.6) is 0 Å². The van der Waals surface area contributed by atoms with E-state index in [9.17, 15) is 9.59 Å². The lowest BCUT2D eigenvalue weighted by Gasteiger charge is -2.36. The van der Waals surface area contributed by atoms with Gasteiger partial charge in [-0.05, 0) is 50.2 Å². The van der Waals surface area contributed by atoms with Gasteiger partial charge in [0.05, 0.1) is 12.3 Å². The predicted molar refractivity (Wildman–Crippen MR) is 122 cm³/mol. The predicted octanol–water partition coefficient (Wildman–Crippen LogP) is 1.93. The number of pyridine rings is 1. The van der Waals surface area contributed by atoms with Crippen LogP contribution in [0.3, 0.4) is 0 Å². The van der Waals surface area contributed by atoms with E-state index in [1.807, 2.05) is 17.0 Å². The second kappa shape index (κ2) is 10.3. The summed E-state index contributed by atoms with van der Waals surface area (Å²) in [6.07, 6.45) is 1.79. The maximum atomic E-state index is 12.9. The van der Waals surface area contributed by atoms with Gasteiger partial charge in [0.15, 0.2) is 5.82 Å². The number of rotatable bonds is 7. The molecule has 1 saturated heterocycles. The number of nitrogens with one attached hydrogen (secondary N) is 1. The zero-order valence-electron chi connectivity index (χ0n) is 18.4. The Bertz CT molecular complexity index is 892. The maximum absolute atomic E-state index is 12.9. The van der Waals surface area contributed by atoms with Crippen molar-refractivity contribution in [3.8, 4) is 0 Å². The van der Waals surface area contributed by atoms with E-state index in [4.69, 9.17) is 5.11 Å². The first-order chi connectivity index (χ1) is 14.9. The third kappa shape index (κ3) is 5.52. The van der Waals surface area contributed by atoms with Gasteiger partial charge in [0.2, 0.25) is 0 Å². The van der Waals surface area contributed by atoms with Crippen LogP contribution >= 0.6 is 0 Å². The number of hydrogen-bond acceptors (Lipinski definition) is 6. The van der Waals surface area contributed by atoms with Crippen LogP contribution in [0.2, 0.25) is 0 Å². The summed E-state index contributed by atoms with van der Waals surface area (Å²) >= 11 is 0. The van der Waals surface area contributed by atoms with Gasteiger partial charge in [-0.3, -0.25) is 9.59 Å². The molecule has 1 aliphatic heterocycles. The SMILES string of the molecule is CC(C)Nc1cccnc1N1CCN(C(=O)c2ccc(C(=O)N(C)CCO)cc2)CC1. The van der Waals surface area contributed by atoms with Crippen molar-refractivity contribution in [2.45, 2.75) is 19.9 Å². The number of likely N-dealkylation sites (N-methyl/N-ethyl adjacent to an activating group) is 1. The van der Waals surface area contributed by atoms with E-state index in [0.29, 0.717) is 43.3 Å². The molecular weight excluding hydrogens is 394 g/mol. The van der Waals surface area contributed by atoms with E-state index in [2.05, 4.69) is 29.0 Å².